The zero-order chi connectivity index (χ0) is 9.68. The van der Waals surface area contributed by atoms with Crippen LogP contribution >= 0.6 is 22.6 Å². The SMILES string of the molecule is NCCCNc1ccc(I)cc1F. The van der Waals surface area contributed by atoms with E-state index in [-0.39, 0.29) is 5.82 Å². The number of benzene rings is 1. The van der Waals surface area contributed by atoms with Crippen LogP contribution in [0, 0.1) is 9.39 Å². The van der Waals surface area contributed by atoms with Crippen molar-refractivity contribution in [3.8, 4) is 0 Å². The Morgan fingerprint density at radius 3 is 2.85 bits per heavy atom. The molecule has 13 heavy (non-hydrogen) atoms. The molecule has 1 aromatic carbocycles. The standard InChI is InChI=1S/C9H12FIN2/c10-8-6-7(11)2-3-9(8)13-5-1-4-12/h2-3,6,13H,1,4-5,12H2. The lowest BCUT2D eigenvalue weighted by atomic mass is 10.3. The van der Waals surface area contributed by atoms with Gasteiger partial charge in [0.1, 0.15) is 5.82 Å². The van der Waals surface area contributed by atoms with Gasteiger partial charge in [-0.2, -0.15) is 0 Å². The van der Waals surface area contributed by atoms with Crippen molar-refractivity contribution < 1.29 is 4.39 Å². The van der Waals surface area contributed by atoms with Crippen molar-refractivity contribution in [1.82, 2.24) is 0 Å². The maximum absolute atomic E-state index is 13.2. The summed E-state index contributed by atoms with van der Waals surface area (Å²) in [4.78, 5) is 0. The first-order valence-corrected chi connectivity index (χ1v) is 5.21. The maximum atomic E-state index is 13.2. The van der Waals surface area contributed by atoms with Crippen molar-refractivity contribution in [2.75, 3.05) is 18.4 Å². The largest absolute Gasteiger partial charge is 0.383 e. The van der Waals surface area contributed by atoms with Crippen molar-refractivity contribution in [3.05, 3.63) is 27.6 Å². The van der Waals surface area contributed by atoms with Crippen LogP contribution < -0.4 is 11.1 Å². The molecule has 0 aliphatic rings. The van der Waals surface area contributed by atoms with Crippen molar-refractivity contribution in [2.45, 2.75) is 6.42 Å². The molecule has 72 valence electrons. The van der Waals surface area contributed by atoms with Crippen LogP contribution in [0.15, 0.2) is 18.2 Å². The van der Waals surface area contributed by atoms with E-state index in [0.29, 0.717) is 18.8 Å². The van der Waals surface area contributed by atoms with Gasteiger partial charge < -0.3 is 11.1 Å². The summed E-state index contributed by atoms with van der Waals surface area (Å²) in [6, 6.07) is 5.12. The van der Waals surface area contributed by atoms with Crippen LogP contribution in [0.1, 0.15) is 6.42 Å². The Kier molecular flexibility index (Phi) is 4.44. The number of nitrogens with one attached hydrogen (secondary N) is 1. The quantitative estimate of drug-likeness (QED) is 0.660. The van der Waals surface area contributed by atoms with E-state index in [9.17, 15) is 4.39 Å². The van der Waals surface area contributed by atoms with Gasteiger partial charge in [-0.05, 0) is 53.8 Å². The fourth-order valence-electron chi connectivity index (χ4n) is 0.958. The number of nitrogens with two attached hydrogens (primary N) is 1. The van der Waals surface area contributed by atoms with Gasteiger partial charge in [0.05, 0.1) is 5.69 Å². The molecule has 0 unspecified atom stereocenters. The van der Waals surface area contributed by atoms with E-state index >= 15 is 0 Å². The van der Waals surface area contributed by atoms with Gasteiger partial charge in [-0.1, -0.05) is 0 Å². The summed E-state index contributed by atoms with van der Waals surface area (Å²) < 4.78 is 14.1. The highest BCUT2D eigenvalue weighted by atomic mass is 127. The summed E-state index contributed by atoms with van der Waals surface area (Å²) in [7, 11) is 0. The molecule has 0 radical (unpaired) electrons. The normalized spacial score (nSPS) is 10.1. The second kappa shape index (κ2) is 5.39. The average molecular weight is 294 g/mol. The molecule has 0 bridgehead atoms. The Bertz CT molecular complexity index is 278. The van der Waals surface area contributed by atoms with Gasteiger partial charge in [0.2, 0.25) is 0 Å². The molecule has 1 rings (SSSR count). The highest BCUT2D eigenvalue weighted by Crippen LogP contribution is 2.16. The van der Waals surface area contributed by atoms with Crippen LogP contribution in [0.25, 0.3) is 0 Å². The summed E-state index contributed by atoms with van der Waals surface area (Å²) in [5, 5.41) is 2.98. The summed E-state index contributed by atoms with van der Waals surface area (Å²) >= 11 is 2.08. The molecule has 0 saturated heterocycles. The zero-order valence-corrected chi connectivity index (χ0v) is 9.34. The highest BCUT2D eigenvalue weighted by molar-refractivity contribution is 14.1. The molecule has 1 aromatic rings. The fourth-order valence-corrected chi connectivity index (χ4v) is 1.41. The molecule has 0 amide bonds. The van der Waals surface area contributed by atoms with E-state index in [1.807, 2.05) is 6.07 Å². The van der Waals surface area contributed by atoms with Gasteiger partial charge in [-0.15, -0.1) is 0 Å². The third-order valence-electron chi connectivity index (χ3n) is 1.63. The van der Waals surface area contributed by atoms with Gasteiger partial charge in [0.15, 0.2) is 0 Å². The molecule has 0 atom stereocenters. The predicted octanol–water partition coefficient (Wildman–Crippen LogP) is 2.19. The van der Waals surface area contributed by atoms with Crippen LogP contribution in [0.2, 0.25) is 0 Å². The van der Waals surface area contributed by atoms with Crippen molar-refractivity contribution in [3.63, 3.8) is 0 Å². The van der Waals surface area contributed by atoms with E-state index in [1.54, 1.807) is 6.07 Å². The molecule has 2 nitrogen and oxygen atoms in total. The zero-order valence-electron chi connectivity index (χ0n) is 7.19. The average Bonchev–Trinajstić information content (AvgIpc) is 2.09. The van der Waals surface area contributed by atoms with Gasteiger partial charge in [-0.25, -0.2) is 4.39 Å². The lowest BCUT2D eigenvalue weighted by Crippen LogP contribution is -2.09. The molecule has 0 aromatic heterocycles. The van der Waals surface area contributed by atoms with Gasteiger partial charge in [-0.3, -0.25) is 0 Å². The van der Waals surface area contributed by atoms with E-state index in [1.165, 1.54) is 6.07 Å². The van der Waals surface area contributed by atoms with Gasteiger partial charge >= 0.3 is 0 Å². The predicted molar refractivity (Wildman–Crippen MR) is 61.3 cm³/mol. The number of anilines is 1. The van der Waals surface area contributed by atoms with Crippen molar-refractivity contribution in [1.29, 1.82) is 0 Å². The van der Waals surface area contributed by atoms with Crippen molar-refractivity contribution in [2.24, 2.45) is 5.73 Å². The molecule has 0 aliphatic carbocycles. The molecule has 0 heterocycles. The Morgan fingerprint density at radius 2 is 2.23 bits per heavy atom. The Balaban J connectivity index is 2.56. The number of halogens is 2. The smallest absolute Gasteiger partial charge is 0.147 e. The minimum absolute atomic E-state index is 0.205. The van der Waals surface area contributed by atoms with E-state index in [4.69, 9.17) is 5.73 Å². The minimum atomic E-state index is -0.205. The summed E-state index contributed by atoms with van der Waals surface area (Å²) in [5.74, 6) is -0.205. The molecule has 4 heteroatoms. The molecule has 0 saturated carbocycles. The second-order valence-electron chi connectivity index (χ2n) is 2.69. The summed E-state index contributed by atoms with van der Waals surface area (Å²) in [6.07, 6.45) is 0.853. The molecule has 0 fully saturated rings. The first-order valence-electron chi connectivity index (χ1n) is 4.13. The first-order chi connectivity index (χ1) is 6.24. The van der Waals surface area contributed by atoms with Gasteiger partial charge in [0, 0.05) is 10.1 Å². The van der Waals surface area contributed by atoms with E-state index in [2.05, 4.69) is 27.9 Å². The second-order valence-corrected chi connectivity index (χ2v) is 3.94. The summed E-state index contributed by atoms with van der Waals surface area (Å²) in [6.45, 7) is 1.34. The summed E-state index contributed by atoms with van der Waals surface area (Å²) in [5.41, 5.74) is 5.87. The number of hydrogen-bond donors (Lipinski definition) is 2. The van der Waals surface area contributed by atoms with Crippen LogP contribution in [-0.2, 0) is 0 Å². The fraction of sp³-hybridized carbons (Fsp3) is 0.333. The third kappa shape index (κ3) is 3.48. The minimum Gasteiger partial charge on any atom is -0.383 e. The first kappa shape index (κ1) is 10.7. The number of hydrogen-bond acceptors (Lipinski definition) is 2. The molecule has 0 spiro atoms. The lowest BCUT2D eigenvalue weighted by Gasteiger charge is -2.06. The van der Waals surface area contributed by atoms with Crippen LogP contribution in [0.4, 0.5) is 10.1 Å². The molecule has 3 N–H and O–H groups in total. The molecular formula is C9H12FIN2. The Labute approximate surface area is 90.8 Å². The van der Waals surface area contributed by atoms with Crippen LogP contribution in [0.5, 0.6) is 0 Å². The van der Waals surface area contributed by atoms with Gasteiger partial charge in [0.25, 0.3) is 0 Å². The third-order valence-corrected chi connectivity index (χ3v) is 2.30. The maximum Gasteiger partial charge on any atom is 0.147 e. The lowest BCUT2D eigenvalue weighted by molar-refractivity contribution is 0.628. The monoisotopic (exact) mass is 294 g/mol. The topological polar surface area (TPSA) is 38.0 Å². The van der Waals surface area contributed by atoms with E-state index < -0.39 is 0 Å². The molecule has 0 aliphatic heterocycles. The highest BCUT2D eigenvalue weighted by Gasteiger charge is 2.00. The Hall–Kier alpha value is -0.360. The molecular weight excluding hydrogens is 282 g/mol. The Morgan fingerprint density at radius 1 is 1.46 bits per heavy atom. The van der Waals surface area contributed by atoms with Crippen LogP contribution in [-0.4, -0.2) is 13.1 Å². The van der Waals surface area contributed by atoms with Crippen LogP contribution in [0.3, 0.4) is 0 Å². The van der Waals surface area contributed by atoms with E-state index in [0.717, 1.165) is 9.99 Å². The number of rotatable bonds is 4. The van der Waals surface area contributed by atoms with Crippen molar-refractivity contribution >= 4 is 28.3 Å².